The van der Waals surface area contributed by atoms with Crippen molar-refractivity contribution in [2.45, 2.75) is 38.6 Å². The topological polar surface area (TPSA) is 20.3 Å². The van der Waals surface area contributed by atoms with E-state index < -0.39 is 0 Å². The predicted octanol–water partition coefficient (Wildman–Crippen LogP) is 4.42. The van der Waals surface area contributed by atoms with E-state index in [-0.39, 0.29) is 0 Å². The molecule has 1 heterocycles. The van der Waals surface area contributed by atoms with Crippen LogP contribution >= 0.6 is 0 Å². The molecule has 3 rings (SSSR count). The third kappa shape index (κ3) is 2.43. The van der Waals surface area contributed by atoms with Gasteiger partial charge in [0.05, 0.1) is 0 Å². The molecule has 0 radical (unpaired) electrons. The normalized spacial score (nSPS) is 19.2. The molecule has 0 aliphatic carbocycles. The van der Waals surface area contributed by atoms with Gasteiger partial charge in [-0.2, -0.15) is 0 Å². The van der Waals surface area contributed by atoms with Crippen LogP contribution in [0.4, 0.5) is 5.69 Å². The summed E-state index contributed by atoms with van der Waals surface area (Å²) in [6.07, 6.45) is 6.07. The van der Waals surface area contributed by atoms with Gasteiger partial charge in [0.15, 0.2) is 0 Å². The fraction of sp³-hybridized carbons (Fsp3) is 0.389. The SMILES string of the molecule is CCC1CCCCN1c1ccc2cc(C=O)ccc2c1. The van der Waals surface area contributed by atoms with E-state index in [1.807, 2.05) is 18.2 Å². The van der Waals surface area contributed by atoms with Crippen LogP contribution in [0.1, 0.15) is 43.0 Å². The van der Waals surface area contributed by atoms with E-state index in [4.69, 9.17) is 0 Å². The maximum atomic E-state index is 10.8. The van der Waals surface area contributed by atoms with Crippen molar-refractivity contribution in [3.63, 3.8) is 0 Å². The van der Waals surface area contributed by atoms with Crippen LogP contribution in [0.2, 0.25) is 0 Å². The first-order valence-electron chi connectivity index (χ1n) is 7.57. The summed E-state index contributed by atoms with van der Waals surface area (Å²) in [6.45, 7) is 3.44. The number of aldehydes is 1. The van der Waals surface area contributed by atoms with Crippen molar-refractivity contribution in [1.29, 1.82) is 0 Å². The highest BCUT2D eigenvalue weighted by molar-refractivity contribution is 5.91. The lowest BCUT2D eigenvalue weighted by Gasteiger charge is -2.37. The summed E-state index contributed by atoms with van der Waals surface area (Å²) in [5.74, 6) is 0. The van der Waals surface area contributed by atoms with Crippen molar-refractivity contribution in [2.24, 2.45) is 0 Å². The Morgan fingerprint density at radius 3 is 2.75 bits per heavy atom. The van der Waals surface area contributed by atoms with Gasteiger partial charge < -0.3 is 4.90 Å². The number of nitrogens with zero attached hydrogens (tertiary/aromatic N) is 1. The summed E-state index contributed by atoms with van der Waals surface area (Å²) in [5, 5.41) is 2.36. The van der Waals surface area contributed by atoms with E-state index >= 15 is 0 Å². The minimum Gasteiger partial charge on any atom is -0.369 e. The molecule has 1 aliphatic heterocycles. The standard InChI is InChI=1S/C18H21NO/c1-2-17-5-3-4-10-19(17)18-9-8-15-11-14(13-20)6-7-16(15)12-18/h6-9,11-13,17H,2-5,10H2,1H3. The molecule has 0 aromatic heterocycles. The molecular weight excluding hydrogens is 246 g/mol. The molecule has 1 aliphatic rings. The second kappa shape index (κ2) is 5.66. The number of hydrogen-bond donors (Lipinski definition) is 0. The molecule has 104 valence electrons. The van der Waals surface area contributed by atoms with Crippen LogP contribution in [0, 0.1) is 0 Å². The predicted molar refractivity (Wildman–Crippen MR) is 84.6 cm³/mol. The number of anilines is 1. The molecule has 0 saturated carbocycles. The summed E-state index contributed by atoms with van der Waals surface area (Å²) in [4.78, 5) is 13.4. The molecule has 0 bridgehead atoms. The Kier molecular flexibility index (Phi) is 3.72. The number of piperidine rings is 1. The fourth-order valence-corrected chi connectivity index (χ4v) is 3.27. The Bertz CT molecular complexity index is 620. The number of hydrogen-bond acceptors (Lipinski definition) is 2. The number of fused-ring (bicyclic) bond motifs is 1. The average molecular weight is 267 g/mol. The Labute approximate surface area is 120 Å². The minimum atomic E-state index is 0.676. The van der Waals surface area contributed by atoms with Crippen LogP contribution in [0.3, 0.4) is 0 Å². The maximum absolute atomic E-state index is 10.8. The van der Waals surface area contributed by atoms with E-state index in [9.17, 15) is 4.79 Å². The lowest BCUT2D eigenvalue weighted by Crippen LogP contribution is -2.39. The van der Waals surface area contributed by atoms with Crippen LogP contribution in [0.25, 0.3) is 10.8 Å². The number of rotatable bonds is 3. The van der Waals surface area contributed by atoms with Gasteiger partial charge in [-0.3, -0.25) is 4.79 Å². The molecule has 1 saturated heterocycles. The highest BCUT2D eigenvalue weighted by atomic mass is 16.1. The summed E-state index contributed by atoms with van der Waals surface area (Å²) in [6, 6.07) is 13.2. The van der Waals surface area contributed by atoms with Gasteiger partial charge in [-0.1, -0.05) is 25.1 Å². The summed E-state index contributed by atoms with van der Waals surface area (Å²) < 4.78 is 0. The molecule has 1 unspecified atom stereocenters. The monoisotopic (exact) mass is 267 g/mol. The van der Waals surface area contributed by atoms with Crippen molar-refractivity contribution >= 4 is 22.7 Å². The smallest absolute Gasteiger partial charge is 0.150 e. The average Bonchev–Trinajstić information content (AvgIpc) is 2.53. The lowest BCUT2D eigenvalue weighted by atomic mass is 9.98. The first-order chi connectivity index (χ1) is 9.81. The fourth-order valence-electron chi connectivity index (χ4n) is 3.27. The van der Waals surface area contributed by atoms with Gasteiger partial charge in [0.25, 0.3) is 0 Å². The largest absolute Gasteiger partial charge is 0.369 e. The van der Waals surface area contributed by atoms with Crippen LogP contribution in [0.15, 0.2) is 36.4 Å². The van der Waals surface area contributed by atoms with Gasteiger partial charge in [-0.25, -0.2) is 0 Å². The molecule has 2 aromatic carbocycles. The molecule has 0 N–H and O–H groups in total. The van der Waals surface area contributed by atoms with Gasteiger partial charge in [0.2, 0.25) is 0 Å². The molecule has 1 atom stereocenters. The Balaban J connectivity index is 1.97. The maximum Gasteiger partial charge on any atom is 0.150 e. The summed E-state index contributed by atoms with van der Waals surface area (Å²) >= 11 is 0. The van der Waals surface area contributed by atoms with Crippen LogP contribution in [-0.2, 0) is 0 Å². The Morgan fingerprint density at radius 1 is 1.15 bits per heavy atom. The zero-order valence-electron chi connectivity index (χ0n) is 12.0. The lowest BCUT2D eigenvalue weighted by molar-refractivity contribution is 0.112. The molecule has 0 spiro atoms. The zero-order chi connectivity index (χ0) is 13.9. The third-order valence-electron chi connectivity index (χ3n) is 4.41. The van der Waals surface area contributed by atoms with Crippen molar-refractivity contribution in [3.05, 3.63) is 42.0 Å². The highest BCUT2D eigenvalue weighted by Crippen LogP contribution is 2.29. The second-order valence-electron chi connectivity index (χ2n) is 5.66. The second-order valence-corrected chi connectivity index (χ2v) is 5.66. The van der Waals surface area contributed by atoms with Crippen LogP contribution < -0.4 is 4.90 Å². The summed E-state index contributed by atoms with van der Waals surface area (Å²) in [5.41, 5.74) is 2.07. The molecule has 0 amide bonds. The van der Waals surface area contributed by atoms with Crippen LogP contribution in [0.5, 0.6) is 0 Å². The first kappa shape index (κ1) is 13.2. The zero-order valence-corrected chi connectivity index (χ0v) is 12.0. The van der Waals surface area contributed by atoms with Gasteiger partial charge >= 0.3 is 0 Å². The number of benzene rings is 2. The Hall–Kier alpha value is -1.83. The molecule has 2 aromatic rings. The minimum absolute atomic E-state index is 0.676. The van der Waals surface area contributed by atoms with Crippen molar-refractivity contribution in [3.8, 4) is 0 Å². The van der Waals surface area contributed by atoms with E-state index in [2.05, 4.69) is 30.0 Å². The van der Waals surface area contributed by atoms with Gasteiger partial charge in [0, 0.05) is 23.8 Å². The van der Waals surface area contributed by atoms with Crippen molar-refractivity contribution in [1.82, 2.24) is 0 Å². The van der Waals surface area contributed by atoms with Gasteiger partial charge in [-0.05, 0) is 54.7 Å². The molecular formula is C18H21NO. The molecule has 2 heteroatoms. The highest BCUT2D eigenvalue weighted by Gasteiger charge is 2.20. The van der Waals surface area contributed by atoms with E-state index in [0.717, 1.165) is 23.8 Å². The molecule has 1 fully saturated rings. The van der Waals surface area contributed by atoms with E-state index in [1.165, 1.54) is 36.8 Å². The van der Waals surface area contributed by atoms with E-state index in [0.29, 0.717) is 6.04 Å². The van der Waals surface area contributed by atoms with Crippen molar-refractivity contribution in [2.75, 3.05) is 11.4 Å². The Morgan fingerprint density at radius 2 is 1.95 bits per heavy atom. The first-order valence-corrected chi connectivity index (χ1v) is 7.57. The van der Waals surface area contributed by atoms with E-state index in [1.54, 1.807) is 0 Å². The third-order valence-corrected chi connectivity index (χ3v) is 4.41. The number of carbonyl (C=O) groups excluding carboxylic acids is 1. The molecule has 20 heavy (non-hydrogen) atoms. The van der Waals surface area contributed by atoms with Crippen molar-refractivity contribution < 1.29 is 4.79 Å². The van der Waals surface area contributed by atoms with Crippen LogP contribution in [-0.4, -0.2) is 18.9 Å². The quantitative estimate of drug-likeness (QED) is 0.767. The summed E-state index contributed by atoms with van der Waals surface area (Å²) in [7, 11) is 0. The van der Waals surface area contributed by atoms with Gasteiger partial charge in [-0.15, -0.1) is 0 Å². The van der Waals surface area contributed by atoms with Gasteiger partial charge in [0.1, 0.15) is 6.29 Å². The molecule has 2 nitrogen and oxygen atoms in total. The number of carbonyl (C=O) groups is 1.